The van der Waals surface area contributed by atoms with Crippen LogP contribution in [0.4, 0.5) is 17.6 Å². The number of thioether (sulfide) groups is 1. The van der Waals surface area contributed by atoms with Gasteiger partial charge in [-0.25, -0.2) is 4.39 Å². The van der Waals surface area contributed by atoms with E-state index in [2.05, 4.69) is 16.6 Å². The fourth-order valence-corrected chi connectivity index (χ4v) is 1.69. The van der Waals surface area contributed by atoms with Crippen molar-refractivity contribution in [3.63, 3.8) is 0 Å². The van der Waals surface area contributed by atoms with Gasteiger partial charge in [0.15, 0.2) is 5.12 Å². The lowest BCUT2D eigenvalue weighted by molar-refractivity contribution is -0.274. The molecule has 20 heavy (non-hydrogen) atoms. The van der Waals surface area contributed by atoms with Gasteiger partial charge in [-0.2, -0.15) is 0 Å². The van der Waals surface area contributed by atoms with E-state index in [0.717, 1.165) is 23.9 Å². The second-order valence-electron chi connectivity index (χ2n) is 3.58. The summed E-state index contributed by atoms with van der Waals surface area (Å²) in [5.41, 5.74) is -0.0210. The lowest BCUT2D eigenvalue weighted by Gasteiger charge is -2.08. The van der Waals surface area contributed by atoms with E-state index in [1.807, 2.05) is 0 Å². The minimum absolute atomic E-state index is 0.0210. The first kappa shape index (κ1) is 16.4. The van der Waals surface area contributed by atoms with E-state index >= 15 is 0 Å². The van der Waals surface area contributed by atoms with E-state index in [4.69, 9.17) is 0 Å². The zero-order valence-corrected chi connectivity index (χ0v) is 11.2. The summed E-state index contributed by atoms with van der Waals surface area (Å²) >= 11 is 1.10. The number of benzene rings is 1. The van der Waals surface area contributed by atoms with Crippen molar-refractivity contribution in [3.05, 3.63) is 29.6 Å². The van der Waals surface area contributed by atoms with E-state index in [0.29, 0.717) is 18.2 Å². The second kappa shape index (κ2) is 7.20. The summed E-state index contributed by atoms with van der Waals surface area (Å²) < 4.78 is 52.8. The molecule has 0 aromatic heterocycles. The molecule has 1 aromatic rings. The van der Waals surface area contributed by atoms with Crippen molar-refractivity contribution in [3.8, 4) is 17.6 Å². The van der Waals surface area contributed by atoms with Crippen molar-refractivity contribution in [2.45, 2.75) is 19.7 Å². The molecule has 0 aliphatic heterocycles. The first-order valence-corrected chi connectivity index (χ1v) is 6.44. The third-order valence-corrected chi connectivity index (χ3v) is 2.74. The predicted molar refractivity (Wildman–Crippen MR) is 67.7 cm³/mol. The first-order valence-electron chi connectivity index (χ1n) is 5.45. The number of ether oxygens (including phenoxy) is 1. The molecular weight excluding hydrogens is 296 g/mol. The fourth-order valence-electron chi connectivity index (χ4n) is 1.20. The molecule has 108 valence electrons. The van der Waals surface area contributed by atoms with Gasteiger partial charge in [-0.15, -0.1) is 13.2 Å². The van der Waals surface area contributed by atoms with Crippen LogP contribution in [0.25, 0.3) is 0 Å². The van der Waals surface area contributed by atoms with Gasteiger partial charge in [-0.1, -0.05) is 23.6 Å². The Morgan fingerprint density at radius 2 is 2.10 bits per heavy atom. The minimum Gasteiger partial charge on any atom is -0.406 e. The molecule has 0 aliphatic carbocycles. The maximum atomic E-state index is 13.5. The lowest BCUT2D eigenvalue weighted by atomic mass is 10.2. The normalized spacial score (nSPS) is 10.7. The Labute approximate surface area is 117 Å². The van der Waals surface area contributed by atoms with Crippen molar-refractivity contribution in [1.29, 1.82) is 0 Å². The number of halogens is 4. The molecule has 0 aliphatic rings. The largest absolute Gasteiger partial charge is 0.573 e. The highest BCUT2D eigenvalue weighted by atomic mass is 32.2. The standard InChI is InChI=1S/C13H10F4O2S/c1-9(18)20-7-3-2-4-10-5-6-11(8-12(10)14)19-13(15,16)17/h5-6,8H,3,7H2,1H3. The summed E-state index contributed by atoms with van der Waals surface area (Å²) in [6.45, 7) is 1.43. The number of hydrogen-bond donors (Lipinski definition) is 0. The van der Waals surface area contributed by atoms with Gasteiger partial charge in [-0.05, 0) is 12.1 Å². The van der Waals surface area contributed by atoms with Gasteiger partial charge in [0.25, 0.3) is 0 Å². The van der Waals surface area contributed by atoms with Crippen LogP contribution < -0.4 is 4.74 Å². The van der Waals surface area contributed by atoms with Crippen LogP contribution >= 0.6 is 11.8 Å². The number of rotatable bonds is 3. The van der Waals surface area contributed by atoms with Crippen LogP contribution in [0.3, 0.4) is 0 Å². The Morgan fingerprint density at radius 3 is 2.65 bits per heavy atom. The van der Waals surface area contributed by atoms with Crippen LogP contribution in [-0.4, -0.2) is 17.2 Å². The van der Waals surface area contributed by atoms with E-state index < -0.39 is 17.9 Å². The molecule has 0 saturated carbocycles. The van der Waals surface area contributed by atoms with Crippen molar-refractivity contribution in [2.75, 3.05) is 5.75 Å². The molecule has 0 unspecified atom stereocenters. The molecule has 0 atom stereocenters. The Hall–Kier alpha value is -1.68. The molecule has 1 aromatic carbocycles. The quantitative estimate of drug-likeness (QED) is 0.483. The topological polar surface area (TPSA) is 26.3 Å². The highest BCUT2D eigenvalue weighted by molar-refractivity contribution is 8.13. The molecule has 0 heterocycles. The zero-order chi connectivity index (χ0) is 15.2. The van der Waals surface area contributed by atoms with Crippen molar-refractivity contribution in [1.82, 2.24) is 0 Å². The van der Waals surface area contributed by atoms with Gasteiger partial charge in [0.2, 0.25) is 0 Å². The Balaban J connectivity index is 2.65. The summed E-state index contributed by atoms with van der Waals surface area (Å²) in [6.07, 6.45) is -4.48. The highest BCUT2D eigenvalue weighted by Gasteiger charge is 2.31. The van der Waals surface area contributed by atoms with E-state index in [9.17, 15) is 22.4 Å². The highest BCUT2D eigenvalue weighted by Crippen LogP contribution is 2.24. The number of carbonyl (C=O) groups excluding carboxylic acids is 1. The van der Waals surface area contributed by atoms with Gasteiger partial charge >= 0.3 is 6.36 Å². The zero-order valence-electron chi connectivity index (χ0n) is 10.4. The maximum absolute atomic E-state index is 13.5. The van der Waals surface area contributed by atoms with Crippen LogP contribution in [0.15, 0.2) is 18.2 Å². The van der Waals surface area contributed by atoms with Gasteiger partial charge < -0.3 is 4.74 Å². The summed E-state index contributed by atoms with van der Waals surface area (Å²) in [6, 6.07) is 2.73. The summed E-state index contributed by atoms with van der Waals surface area (Å²) in [5.74, 6) is 4.09. The Morgan fingerprint density at radius 1 is 1.40 bits per heavy atom. The van der Waals surface area contributed by atoms with E-state index in [-0.39, 0.29) is 10.7 Å². The van der Waals surface area contributed by atoms with Gasteiger partial charge in [0.05, 0.1) is 5.56 Å². The van der Waals surface area contributed by atoms with Gasteiger partial charge in [0, 0.05) is 25.2 Å². The SMILES string of the molecule is CC(=O)SCCC#Cc1ccc(OC(F)(F)F)cc1F. The van der Waals surface area contributed by atoms with Crippen LogP contribution in [0.5, 0.6) is 5.75 Å². The van der Waals surface area contributed by atoms with E-state index in [1.54, 1.807) is 0 Å². The van der Waals surface area contributed by atoms with Crippen LogP contribution in [0, 0.1) is 17.7 Å². The maximum Gasteiger partial charge on any atom is 0.573 e. The molecule has 0 spiro atoms. The van der Waals surface area contributed by atoms with E-state index in [1.165, 1.54) is 6.92 Å². The Bertz CT molecular complexity index is 544. The average molecular weight is 306 g/mol. The fraction of sp³-hybridized carbons (Fsp3) is 0.308. The molecule has 0 amide bonds. The van der Waals surface area contributed by atoms with Crippen molar-refractivity contribution >= 4 is 16.9 Å². The van der Waals surface area contributed by atoms with Gasteiger partial charge in [-0.3, -0.25) is 4.79 Å². The van der Waals surface area contributed by atoms with Gasteiger partial charge in [0.1, 0.15) is 11.6 Å². The molecule has 0 saturated heterocycles. The Kier molecular flexibility index (Phi) is 5.89. The lowest BCUT2D eigenvalue weighted by Crippen LogP contribution is -2.17. The summed E-state index contributed by atoms with van der Waals surface area (Å²) in [7, 11) is 0. The number of alkyl halides is 3. The van der Waals surface area contributed by atoms with Crippen molar-refractivity contribution < 1.29 is 27.1 Å². The predicted octanol–water partition coefficient (Wildman–Crippen LogP) is 3.75. The molecule has 0 N–H and O–H groups in total. The number of carbonyl (C=O) groups is 1. The average Bonchev–Trinajstić information content (AvgIpc) is 2.28. The molecule has 1 rings (SSSR count). The third kappa shape index (κ3) is 6.48. The molecule has 2 nitrogen and oxygen atoms in total. The summed E-state index contributed by atoms with van der Waals surface area (Å²) in [4.78, 5) is 10.6. The molecule has 0 bridgehead atoms. The molecule has 7 heteroatoms. The summed E-state index contributed by atoms with van der Waals surface area (Å²) in [5, 5.41) is -0.0355. The smallest absolute Gasteiger partial charge is 0.406 e. The third-order valence-electron chi connectivity index (χ3n) is 1.93. The monoisotopic (exact) mass is 306 g/mol. The van der Waals surface area contributed by atoms with Crippen LogP contribution in [-0.2, 0) is 4.79 Å². The molecule has 0 fully saturated rings. The first-order chi connectivity index (χ1) is 9.28. The second-order valence-corrected chi connectivity index (χ2v) is 4.85. The molecule has 0 radical (unpaired) electrons. The van der Waals surface area contributed by atoms with Crippen LogP contribution in [0.1, 0.15) is 18.9 Å². The number of hydrogen-bond acceptors (Lipinski definition) is 3. The minimum atomic E-state index is -4.86. The van der Waals surface area contributed by atoms with Crippen molar-refractivity contribution in [2.24, 2.45) is 0 Å². The molecular formula is C13H10F4O2S. The van der Waals surface area contributed by atoms with Crippen LogP contribution in [0.2, 0.25) is 0 Å².